The van der Waals surface area contributed by atoms with Crippen molar-refractivity contribution in [3.05, 3.63) is 44.7 Å². The molecule has 104 valence electrons. The lowest BCUT2D eigenvalue weighted by molar-refractivity contribution is 0.0689. The molecule has 0 unspecified atom stereocenters. The molecule has 0 bridgehead atoms. The van der Waals surface area contributed by atoms with E-state index < -0.39 is 5.97 Å². The Hall–Kier alpha value is -1.62. The molecular weight excluding hydrogens is 320 g/mol. The summed E-state index contributed by atoms with van der Waals surface area (Å²) in [6.45, 7) is 4.06. The van der Waals surface area contributed by atoms with Crippen molar-refractivity contribution in [2.75, 3.05) is 0 Å². The van der Waals surface area contributed by atoms with Crippen molar-refractivity contribution < 1.29 is 9.90 Å². The Morgan fingerprint density at radius 3 is 2.55 bits per heavy atom. The van der Waals surface area contributed by atoms with Gasteiger partial charge in [0, 0.05) is 15.7 Å². The molecular formula is C15H15BrN2O2. The third-order valence-corrected chi connectivity index (χ3v) is 5.05. The molecule has 1 aromatic heterocycles. The van der Waals surface area contributed by atoms with Gasteiger partial charge >= 0.3 is 5.97 Å². The number of carbonyl (C=O) groups is 1. The third-order valence-electron chi connectivity index (χ3n) is 3.80. The summed E-state index contributed by atoms with van der Waals surface area (Å²) >= 11 is 3.55. The molecule has 1 aromatic carbocycles. The van der Waals surface area contributed by atoms with E-state index in [9.17, 15) is 9.90 Å². The molecule has 1 aliphatic carbocycles. The molecule has 3 rings (SSSR count). The average molecular weight is 335 g/mol. The molecule has 0 fully saturated rings. The number of benzene rings is 1. The van der Waals surface area contributed by atoms with Crippen LogP contribution in [0.4, 0.5) is 0 Å². The Bertz CT molecular complexity index is 696. The number of rotatable bonds is 2. The number of aromatic carboxylic acids is 1. The van der Waals surface area contributed by atoms with Crippen LogP contribution in [0.2, 0.25) is 0 Å². The number of hydrogen-bond acceptors (Lipinski definition) is 2. The zero-order valence-corrected chi connectivity index (χ0v) is 13.0. The Kier molecular flexibility index (Phi) is 3.17. The van der Waals surface area contributed by atoms with Gasteiger partial charge in [-0.05, 0) is 56.4 Å². The first-order valence-corrected chi connectivity index (χ1v) is 7.39. The molecule has 1 heterocycles. The number of aryl methyl sites for hydroxylation is 2. The van der Waals surface area contributed by atoms with Crippen molar-refractivity contribution >= 4 is 21.9 Å². The van der Waals surface area contributed by atoms with E-state index >= 15 is 0 Å². The lowest BCUT2D eigenvalue weighted by Crippen LogP contribution is -2.05. The maximum absolute atomic E-state index is 11.3. The van der Waals surface area contributed by atoms with Crippen LogP contribution in [0.1, 0.15) is 39.3 Å². The van der Waals surface area contributed by atoms with Crippen LogP contribution in [0.3, 0.4) is 0 Å². The molecule has 0 amide bonds. The van der Waals surface area contributed by atoms with Gasteiger partial charge in [-0.15, -0.1) is 0 Å². The molecule has 5 heteroatoms. The molecule has 0 radical (unpaired) electrons. The zero-order valence-electron chi connectivity index (χ0n) is 11.4. The van der Waals surface area contributed by atoms with Crippen LogP contribution in [0, 0.1) is 13.8 Å². The fourth-order valence-electron chi connectivity index (χ4n) is 2.87. The standard InChI is InChI=1S/C15H15BrN2O2/c1-8-6-10(7-9(2)13(8)16)18-12-5-3-4-11(12)14(17-18)15(19)20/h6-7H,3-5H2,1-2H3,(H,19,20). The second-order valence-corrected chi connectivity index (χ2v) is 6.03. The van der Waals surface area contributed by atoms with Gasteiger partial charge in [-0.25, -0.2) is 9.48 Å². The molecule has 1 aliphatic rings. The number of fused-ring (bicyclic) bond motifs is 1. The molecule has 2 aromatic rings. The number of carboxylic acids is 1. The summed E-state index contributed by atoms with van der Waals surface area (Å²) in [5, 5.41) is 13.6. The summed E-state index contributed by atoms with van der Waals surface area (Å²) < 4.78 is 2.89. The fourth-order valence-corrected chi connectivity index (χ4v) is 3.10. The van der Waals surface area contributed by atoms with Crippen molar-refractivity contribution in [2.45, 2.75) is 33.1 Å². The van der Waals surface area contributed by atoms with E-state index in [-0.39, 0.29) is 5.69 Å². The monoisotopic (exact) mass is 334 g/mol. The highest BCUT2D eigenvalue weighted by Gasteiger charge is 2.26. The van der Waals surface area contributed by atoms with E-state index in [4.69, 9.17) is 0 Å². The van der Waals surface area contributed by atoms with Crippen molar-refractivity contribution in [3.63, 3.8) is 0 Å². The minimum absolute atomic E-state index is 0.204. The Morgan fingerprint density at radius 2 is 1.95 bits per heavy atom. The Morgan fingerprint density at radius 1 is 1.30 bits per heavy atom. The highest BCUT2D eigenvalue weighted by molar-refractivity contribution is 9.10. The Labute approximate surface area is 125 Å². The number of nitrogens with zero attached hydrogens (tertiary/aromatic N) is 2. The Balaban J connectivity index is 2.21. The van der Waals surface area contributed by atoms with Crippen molar-refractivity contribution in [1.29, 1.82) is 0 Å². The maximum Gasteiger partial charge on any atom is 0.356 e. The minimum Gasteiger partial charge on any atom is -0.476 e. The third kappa shape index (κ3) is 1.97. The predicted octanol–water partition coefficient (Wildman–Crippen LogP) is 3.44. The summed E-state index contributed by atoms with van der Waals surface area (Å²) in [6.07, 6.45) is 2.71. The van der Waals surface area contributed by atoms with Crippen LogP contribution >= 0.6 is 15.9 Å². The van der Waals surface area contributed by atoms with E-state index in [0.717, 1.165) is 51.8 Å². The highest BCUT2D eigenvalue weighted by atomic mass is 79.9. The van der Waals surface area contributed by atoms with E-state index in [0.29, 0.717) is 0 Å². The van der Waals surface area contributed by atoms with Gasteiger partial charge in [-0.1, -0.05) is 15.9 Å². The van der Waals surface area contributed by atoms with E-state index in [1.807, 2.05) is 26.0 Å². The molecule has 4 nitrogen and oxygen atoms in total. The molecule has 0 saturated carbocycles. The largest absolute Gasteiger partial charge is 0.476 e. The second kappa shape index (κ2) is 4.74. The maximum atomic E-state index is 11.3. The van der Waals surface area contributed by atoms with E-state index in [1.165, 1.54) is 0 Å². The second-order valence-electron chi connectivity index (χ2n) is 5.24. The van der Waals surface area contributed by atoms with Gasteiger partial charge in [0.1, 0.15) is 0 Å². The summed E-state index contributed by atoms with van der Waals surface area (Å²) in [6, 6.07) is 4.07. The van der Waals surface area contributed by atoms with Crippen LogP contribution < -0.4 is 0 Å². The van der Waals surface area contributed by atoms with E-state index in [1.54, 1.807) is 4.68 Å². The number of carboxylic acid groups (broad SMARTS) is 1. The number of hydrogen-bond donors (Lipinski definition) is 1. The molecule has 0 saturated heterocycles. The summed E-state index contributed by atoms with van der Waals surface area (Å²) in [5.74, 6) is -0.938. The van der Waals surface area contributed by atoms with Crippen LogP contribution in [0.25, 0.3) is 5.69 Å². The average Bonchev–Trinajstić information content (AvgIpc) is 2.96. The fraction of sp³-hybridized carbons (Fsp3) is 0.333. The molecule has 0 atom stereocenters. The van der Waals surface area contributed by atoms with Gasteiger partial charge in [-0.3, -0.25) is 0 Å². The quantitative estimate of drug-likeness (QED) is 0.915. The van der Waals surface area contributed by atoms with Crippen molar-refractivity contribution in [2.24, 2.45) is 0 Å². The first-order chi connectivity index (χ1) is 9.49. The van der Waals surface area contributed by atoms with Gasteiger partial charge in [0.2, 0.25) is 0 Å². The van der Waals surface area contributed by atoms with Crippen LogP contribution in [0.5, 0.6) is 0 Å². The van der Waals surface area contributed by atoms with Gasteiger partial charge in [-0.2, -0.15) is 5.10 Å². The summed E-state index contributed by atoms with van der Waals surface area (Å²) in [4.78, 5) is 11.3. The van der Waals surface area contributed by atoms with Crippen LogP contribution in [-0.4, -0.2) is 20.9 Å². The molecule has 0 spiro atoms. The smallest absolute Gasteiger partial charge is 0.356 e. The SMILES string of the molecule is Cc1cc(-n2nc(C(=O)O)c3c2CCC3)cc(C)c1Br. The van der Waals surface area contributed by atoms with Crippen LogP contribution in [0.15, 0.2) is 16.6 Å². The topological polar surface area (TPSA) is 55.1 Å². The highest BCUT2D eigenvalue weighted by Crippen LogP contribution is 2.30. The lowest BCUT2D eigenvalue weighted by Gasteiger charge is -2.10. The summed E-state index contributed by atoms with van der Waals surface area (Å²) in [7, 11) is 0. The molecule has 0 aliphatic heterocycles. The van der Waals surface area contributed by atoms with Crippen LogP contribution in [-0.2, 0) is 12.8 Å². The van der Waals surface area contributed by atoms with Crippen molar-refractivity contribution in [3.8, 4) is 5.69 Å². The first kappa shape index (κ1) is 13.4. The predicted molar refractivity (Wildman–Crippen MR) is 79.7 cm³/mol. The van der Waals surface area contributed by atoms with E-state index in [2.05, 4.69) is 21.0 Å². The molecule has 1 N–H and O–H groups in total. The van der Waals surface area contributed by atoms with Gasteiger partial charge in [0.15, 0.2) is 5.69 Å². The van der Waals surface area contributed by atoms with Gasteiger partial charge < -0.3 is 5.11 Å². The number of aromatic nitrogens is 2. The van der Waals surface area contributed by atoms with Gasteiger partial charge in [0.25, 0.3) is 0 Å². The molecule has 20 heavy (non-hydrogen) atoms. The number of halogens is 1. The van der Waals surface area contributed by atoms with Crippen molar-refractivity contribution in [1.82, 2.24) is 9.78 Å². The normalized spacial score (nSPS) is 13.6. The van der Waals surface area contributed by atoms with Gasteiger partial charge in [0.05, 0.1) is 5.69 Å². The minimum atomic E-state index is -0.938. The lowest BCUT2D eigenvalue weighted by atomic mass is 10.1. The summed E-state index contributed by atoms with van der Waals surface area (Å²) in [5.41, 5.74) is 5.34. The first-order valence-electron chi connectivity index (χ1n) is 6.60. The zero-order chi connectivity index (χ0) is 14.4.